The van der Waals surface area contributed by atoms with E-state index in [4.69, 9.17) is 98.9 Å². The van der Waals surface area contributed by atoms with Crippen molar-refractivity contribution in [2.24, 2.45) is 11.5 Å². The molecule has 9 N–H and O–H groups in total. The Morgan fingerprint density at radius 1 is 0.449 bits per heavy atom. The molecule has 0 aliphatic carbocycles. The highest BCUT2D eigenvalue weighted by Gasteiger charge is 2.33. The number of fused-ring (bicyclic) bond motifs is 3. The average molecular weight is 1730 g/mol. The Morgan fingerprint density at radius 2 is 0.831 bits per heavy atom. The molecular weight excluding hydrogens is 1640 g/mol. The maximum Gasteiger partial charge on any atom is 0.240 e. The molecule has 0 unspecified atom stereocenters. The number of likely N-dealkylation sites (tertiary alicyclic amines) is 2. The number of primary amides is 2. The number of anilines is 7. The molecule has 17 rings (SSSR count). The van der Waals surface area contributed by atoms with E-state index in [0.717, 1.165) is 118 Å². The van der Waals surface area contributed by atoms with Gasteiger partial charge in [0.25, 0.3) is 0 Å². The van der Waals surface area contributed by atoms with Crippen LogP contribution in [-0.4, -0.2) is 209 Å². The third kappa shape index (κ3) is 20.6. The molecule has 39 heteroatoms. The summed E-state index contributed by atoms with van der Waals surface area (Å²) in [7, 11) is 14.2. The summed E-state index contributed by atoms with van der Waals surface area (Å²) in [6.07, 6.45) is 21.9. The number of alkyl halides is 1. The minimum atomic E-state index is -0.413. The lowest BCUT2D eigenvalue weighted by molar-refractivity contribution is -0.120. The Hall–Kier alpha value is -10.5. The fourth-order valence-corrected chi connectivity index (χ4v) is 18.0. The minimum absolute atomic E-state index is 0.0463. The van der Waals surface area contributed by atoms with Gasteiger partial charge in [0.05, 0.1) is 128 Å². The molecule has 3 aromatic carbocycles. The fraction of sp³-hybridized carbons (Fsp3) is 0.405. The lowest BCUT2D eigenvalue weighted by atomic mass is 10.2. The van der Waals surface area contributed by atoms with Gasteiger partial charge in [-0.2, -0.15) is 15.0 Å². The van der Waals surface area contributed by atoms with Gasteiger partial charge in [-0.3, -0.25) is 19.4 Å². The van der Waals surface area contributed by atoms with Gasteiger partial charge in [-0.05, 0) is 151 Å². The molecular formula is C79H95Cl3N22O11S3. The van der Waals surface area contributed by atoms with Crippen molar-refractivity contribution in [3.63, 3.8) is 0 Å². The molecule has 5 aliphatic rings. The van der Waals surface area contributed by atoms with Crippen molar-refractivity contribution in [1.82, 2.24) is 79.0 Å². The lowest BCUT2D eigenvalue weighted by Gasteiger charge is -2.22. The second-order valence-corrected chi connectivity index (χ2v) is 32.0. The first-order chi connectivity index (χ1) is 57.4. The predicted molar refractivity (Wildman–Crippen MR) is 462 cm³/mol. The second-order valence-electron chi connectivity index (χ2n) is 27.7. The van der Waals surface area contributed by atoms with Crippen LogP contribution in [-0.2, 0) is 28.6 Å². The van der Waals surface area contributed by atoms with E-state index in [9.17, 15) is 9.59 Å². The number of imidazole rings is 3. The molecule has 5 aliphatic heterocycles. The zero-order valence-corrected chi connectivity index (χ0v) is 71.6. The molecule has 2 amide bonds. The highest BCUT2D eigenvalue weighted by atomic mass is 35.5. The maximum atomic E-state index is 12.2. The molecule has 118 heavy (non-hydrogen) atoms. The Labute approximate surface area is 708 Å². The van der Waals surface area contributed by atoms with Crippen LogP contribution in [0.4, 0.5) is 40.9 Å². The van der Waals surface area contributed by atoms with Gasteiger partial charge in [0.15, 0.2) is 34.5 Å². The molecule has 0 saturated carbocycles. The van der Waals surface area contributed by atoms with Crippen LogP contribution in [0, 0.1) is 0 Å². The number of thiophene rings is 3. The molecule has 33 nitrogen and oxygen atoms in total. The first-order valence-corrected chi connectivity index (χ1v) is 42.0. The summed E-state index contributed by atoms with van der Waals surface area (Å²) in [5, 5.41) is 19.2. The Bertz CT molecular complexity index is 5350. The number of hydrogen-bond donors (Lipinski definition) is 7. The molecule has 14 heterocycles. The standard InChI is InChI=1S/C28H34N8O4S.C23H25ClN6O3S.C19H17Cl2N5O3S.C5H10N2O.C4H9N/c1-38-21-11-17(12-22(39-2)24(21)40-3)35-15-23(30-16-35)31-26-19-13-18(14-34-8-4-5-9-34)41-27(19)33-28(32-26)36-10-6-7-20(36)25(29)37;1-31-17-8-14(9-18(32-2)20(17)33-3)30-12-19(25-13-30)26-21-16-10-15(11-29-6-4-5-7-29)34-22(16)28-23(24)27-21;1-27-13-4-10(5-14(28-2)16(13)29-3)26-8-15(22-9-26)23-17-12-6-11(7-20)30-18(12)25-19(21)24-17;6-5(8)4-2-1-3-7-4;1-2-4-5-3-1/h11-13,15-16,20H,4-10,14H2,1-3H3,(H2,29,37)(H,31,32,33);8-10,12-13H,4-7,11H2,1-3H3,(H,26,27,28);4-6,8-9H,7H2,1-3H3,(H,23,24,25);4,7H,1-3H2,(H2,6,8);5H,1-4H2/t20-;;;4-;/m0..0./s1. The van der Waals surface area contributed by atoms with Gasteiger partial charge >= 0.3 is 0 Å². The summed E-state index contributed by atoms with van der Waals surface area (Å²) in [5.41, 5.74) is 13.1. The molecule has 12 aromatic rings. The molecule has 0 bridgehead atoms. The molecule has 9 aromatic heterocycles. The summed E-state index contributed by atoms with van der Waals surface area (Å²) in [4.78, 5) is 76.1. The number of ether oxygens (including phenoxy) is 9. The first kappa shape index (κ1) is 85.3. The van der Waals surface area contributed by atoms with Crippen molar-refractivity contribution < 1.29 is 52.2 Å². The number of nitrogens with one attached hydrogen (secondary N) is 5. The number of aromatic nitrogens is 12. The second kappa shape index (κ2) is 40.3. The molecule has 0 spiro atoms. The van der Waals surface area contributed by atoms with Gasteiger partial charge in [0.2, 0.25) is 45.6 Å². The molecule has 2 atom stereocenters. The van der Waals surface area contributed by atoms with Crippen molar-refractivity contribution in [1.29, 1.82) is 0 Å². The number of nitrogens with zero attached hydrogens (tertiary/aromatic N) is 15. The number of benzene rings is 3. The molecule has 5 fully saturated rings. The van der Waals surface area contributed by atoms with E-state index in [1.54, 1.807) is 106 Å². The van der Waals surface area contributed by atoms with E-state index in [1.165, 1.54) is 72.7 Å². The summed E-state index contributed by atoms with van der Waals surface area (Å²) in [5.74, 6) is 8.85. The Morgan fingerprint density at radius 3 is 1.16 bits per heavy atom. The van der Waals surface area contributed by atoms with Crippen LogP contribution >= 0.6 is 68.8 Å². The van der Waals surface area contributed by atoms with Gasteiger partial charge in [0.1, 0.15) is 74.4 Å². The van der Waals surface area contributed by atoms with Gasteiger partial charge in [0, 0.05) is 70.7 Å². The van der Waals surface area contributed by atoms with E-state index in [1.807, 2.05) is 79.7 Å². The highest BCUT2D eigenvalue weighted by Crippen LogP contribution is 2.44. The first-order valence-electron chi connectivity index (χ1n) is 38.3. The Balaban J connectivity index is 0.000000143. The largest absolute Gasteiger partial charge is 0.493 e. The van der Waals surface area contributed by atoms with Gasteiger partial charge < -0.3 is 99.3 Å². The number of methoxy groups -OCH3 is 9. The van der Waals surface area contributed by atoms with E-state index in [-0.39, 0.29) is 28.4 Å². The zero-order valence-electron chi connectivity index (χ0n) is 66.9. The Kier molecular flexibility index (Phi) is 29.1. The van der Waals surface area contributed by atoms with Crippen molar-refractivity contribution in [3.8, 4) is 68.8 Å². The monoisotopic (exact) mass is 1730 g/mol. The molecule has 5 saturated heterocycles. The van der Waals surface area contributed by atoms with Gasteiger partial charge in [-0.15, -0.1) is 45.6 Å². The third-order valence-electron chi connectivity index (χ3n) is 20.1. The number of rotatable bonds is 26. The number of nitrogens with two attached hydrogens (primary N) is 2. The summed E-state index contributed by atoms with van der Waals surface area (Å²) in [6.45, 7) is 10.4. The van der Waals surface area contributed by atoms with E-state index in [0.29, 0.717) is 111 Å². The predicted octanol–water partition coefficient (Wildman–Crippen LogP) is 13.2. The SMILES string of the molecule is C1CCNC1.COc1cc(-n2cnc(Nc3nc(Cl)nc4sc(CCl)cc34)c2)cc(OC)c1OC.COc1cc(-n2cnc(Nc3nc(Cl)nc4sc(CN5CCCC5)cc34)c2)cc(OC)c1OC.COc1cc(-n2cnc(Nc3nc(N4CCC[C@H]4C(N)=O)nc4sc(CN5CCCC5)cc34)c2)cc(OC)c1OC.NC(=O)[C@@H]1CCCN1. The normalized spacial score (nSPS) is 15.8. The van der Waals surface area contributed by atoms with Gasteiger partial charge in [-0.1, -0.05) is 0 Å². The van der Waals surface area contributed by atoms with Crippen LogP contribution in [0.15, 0.2) is 92.2 Å². The van der Waals surface area contributed by atoms with Crippen LogP contribution in [0.5, 0.6) is 51.7 Å². The van der Waals surface area contributed by atoms with Crippen LogP contribution < -0.4 is 85.6 Å². The molecule has 626 valence electrons. The third-order valence-corrected chi connectivity index (χ3v) is 23.9. The van der Waals surface area contributed by atoms with Crippen LogP contribution in [0.1, 0.15) is 78.8 Å². The van der Waals surface area contributed by atoms with Crippen LogP contribution in [0.3, 0.4) is 0 Å². The highest BCUT2D eigenvalue weighted by molar-refractivity contribution is 7.19. The zero-order chi connectivity index (χ0) is 82.9. The van der Waals surface area contributed by atoms with E-state index >= 15 is 0 Å². The maximum absolute atomic E-state index is 12.2. The average Bonchev–Trinajstić information content (AvgIpc) is 1.63. The van der Waals surface area contributed by atoms with Crippen LogP contribution in [0.25, 0.3) is 47.7 Å². The number of halogens is 3. The van der Waals surface area contributed by atoms with Gasteiger partial charge in [-0.25, -0.2) is 29.9 Å². The van der Waals surface area contributed by atoms with Crippen molar-refractivity contribution in [2.75, 3.05) is 137 Å². The summed E-state index contributed by atoms with van der Waals surface area (Å²) >= 11 is 23.1. The quantitative estimate of drug-likeness (QED) is 0.0196. The smallest absolute Gasteiger partial charge is 0.240 e. The summed E-state index contributed by atoms with van der Waals surface area (Å²) in [6, 6.07) is 16.9. The molecule has 0 radical (unpaired) electrons. The number of amides is 2. The van der Waals surface area contributed by atoms with Crippen molar-refractivity contribution in [2.45, 2.75) is 95.3 Å². The lowest BCUT2D eigenvalue weighted by Crippen LogP contribution is -2.41. The minimum Gasteiger partial charge on any atom is -0.493 e. The van der Waals surface area contributed by atoms with Crippen molar-refractivity contribution in [3.05, 3.63) is 117 Å². The fourth-order valence-electron chi connectivity index (χ4n) is 14.3. The number of hydrogen-bond acceptors (Lipinski definition) is 31. The van der Waals surface area contributed by atoms with Crippen molar-refractivity contribution >= 4 is 152 Å². The summed E-state index contributed by atoms with van der Waals surface area (Å²) < 4.78 is 54.6. The topological polar surface area (TPSA) is 370 Å². The number of carbonyl (C=O) groups is 2. The number of carbonyl (C=O) groups excluding carboxylic acids is 2. The van der Waals surface area contributed by atoms with E-state index in [2.05, 4.69) is 83.4 Å². The van der Waals surface area contributed by atoms with Crippen LogP contribution in [0.2, 0.25) is 10.6 Å². The van der Waals surface area contributed by atoms with E-state index < -0.39 is 6.04 Å².